The molecule has 0 radical (unpaired) electrons. The second kappa shape index (κ2) is 7.80. The number of benzene rings is 1. The van der Waals surface area contributed by atoms with Crippen molar-refractivity contribution in [3.8, 4) is 5.75 Å². The van der Waals surface area contributed by atoms with E-state index in [1.807, 2.05) is 31.3 Å². The Balaban J connectivity index is 1.56. The molecular weight excluding hydrogens is 332 g/mol. The lowest BCUT2D eigenvalue weighted by atomic mass is 10.0. The lowest BCUT2D eigenvalue weighted by Crippen LogP contribution is -2.44. The topological polar surface area (TPSA) is 78.8 Å². The third-order valence-corrected chi connectivity index (χ3v) is 4.58. The molecule has 1 N–H and O–H groups in total. The standard InChI is InChI=1S/C19H24N4O3/c1-22(12-15-3-5-16(26-2)6-4-15)13-19(25)7-10-23(14-19)18(24)17-11-20-8-9-21-17/h3-6,8-9,11,25H,7,10,12-14H2,1-2H3/t19-/m0/s1. The van der Waals surface area contributed by atoms with E-state index in [2.05, 4.69) is 14.9 Å². The minimum atomic E-state index is -0.918. The average molecular weight is 356 g/mol. The quantitative estimate of drug-likeness (QED) is 0.838. The SMILES string of the molecule is COc1ccc(CN(C)C[C@@]2(O)CCN(C(=O)c3cnccn3)C2)cc1. The van der Waals surface area contributed by atoms with Crippen molar-refractivity contribution in [2.24, 2.45) is 0 Å². The molecule has 1 saturated heterocycles. The monoisotopic (exact) mass is 356 g/mol. The normalized spacial score (nSPS) is 19.8. The number of aliphatic hydroxyl groups is 1. The molecule has 0 aliphatic carbocycles. The molecule has 7 heteroatoms. The van der Waals surface area contributed by atoms with E-state index >= 15 is 0 Å². The van der Waals surface area contributed by atoms with Crippen molar-refractivity contribution >= 4 is 5.91 Å². The van der Waals surface area contributed by atoms with E-state index in [0.29, 0.717) is 38.3 Å². The van der Waals surface area contributed by atoms with E-state index in [9.17, 15) is 9.90 Å². The molecule has 7 nitrogen and oxygen atoms in total. The van der Waals surface area contributed by atoms with Gasteiger partial charge in [-0.3, -0.25) is 14.7 Å². The highest BCUT2D eigenvalue weighted by atomic mass is 16.5. The summed E-state index contributed by atoms with van der Waals surface area (Å²) >= 11 is 0. The third-order valence-electron chi connectivity index (χ3n) is 4.58. The van der Waals surface area contributed by atoms with Crippen LogP contribution in [0.1, 0.15) is 22.5 Å². The zero-order chi connectivity index (χ0) is 18.6. The van der Waals surface area contributed by atoms with Gasteiger partial charge in [-0.15, -0.1) is 0 Å². The van der Waals surface area contributed by atoms with Crippen LogP contribution in [0.4, 0.5) is 0 Å². The number of nitrogens with zero attached hydrogens (tertiary/aromatic N) is 4. The van der Waals surface area contributed by atoms with Gasteiger partial charge in [0.15, 0.2) is 0 Å². The highest BCUT2D eigenvalue weighted by Crippen LogP contribution is 2.24. The molecule has 2 aromatic rings. The van der Waals surface area contributed by atoms with Gasteiger partial charge < -0.3 is 14.7 Å². The van der Waals surface area contributed by atoms with Crippen molar-refractivity contribution in [2.75, 3.05) is 33.8 Å². The van der Waals surface area contributed by atoms with Crippen LogP contribution in [0.5, 0.6) is 5.75 Å². The molecule has 0 saturated carbocycles. The summed E-state index contributed by atoms with van der Waals surface area (Å²) in [4.78, 5) is 24.1. The summed E-state index contributed by atoms with van der Waals surface area (Å²) in [5, 5.41) is 10.9. The van der Waals surface area contributed by atoms with Crippen molar-refractivity contribution in [3.05, 3.63) is 54.1 Å². The van der Waals surface area contributed by atoms with Gasteiger partial charge in [-0.05, 0) is 31.2 Å². The third kappa shape index (κ3) is 4.36. The molecule has 1 fully saturated rings. The Morgan fingerprint density at radius 3 is 2.77 bits per heavy atom. The Kier molecular flexibility index (Phi) is 5.49. The van der Waals surface area contributed by atoms with Crippen molar-refractivity contribution in [2.45, 2.75) is 18.6 Å². The first-order valence-electron chi connectivity index (χ1n) is 8.58. The number of methoxy groups -OCH3 is 1. The first-order valence-corrected chi connectivity index (χ1v) is 8.58. The fraction of sp³-hybridized carbons (Fsp3) is 0.421. The smallest absolute Gasteiger partial charge is 0.274 e. The molecule has 1 aliphatic heterocycles. The van der Waals surface area contributed by atoms with Gasteiger partial charge in [0.05, 0.1) is 25.5 Å². The number of amides is 1. The van der Waals surface area contributed by atoms with Gasteiger partial charge in [0.1, 0.15) is 11.4 Å². The van der Waals surface area contributed by atoms with E-state index in [1.165, 1.54) is 18.6 Å². The lowest BCUT2D eigenvalue weighted by molar-refractivity contribution is 0.0163. The van der Waals surface area contributed by atoms with Gasteiger partial charge in [-0.1, -0.05) is 12.1 Å². The molecule has 3 rings (SSSR count). The highest BCUT2D eigenvalue weighted by molar-refractivity contribution is 5.92. The predicted molar refractivity (Wildman–Crippen MR) is 96.8 cm³/mol. The van der Waals surface area contributed by atoms with E-state index in [1.54, 1.807) is 12.0 Å². The fourth-order valence-electron chi connectivity index (χ4n) is 3.33. The average Bonchev–Trinajstić information content (AvgIpc) is 3.04. The van der Waals surface area contributed by atoms with Crippen LogP contribution in [0.15, 0.2) is 42.9 Å². The molecule has 0 spiro atoms. The van der Waals surface area contributed by atoms with E-state index < -0.39 is 5.60 Å². The zero-order valence-electron chi connectivity index (χ0n) is 15.1. The van der Waals surface area contributed by atoms with Crippen LogP contribution in [-0.2, 0) is 6.54 Å². The summed E-state index contributed by atoms with van der Waals surface area (Å²) in [6.45, 7) is 2.02. The van der Waals surface area contributed by atoms with Crippen LogP contribution >= 0.6 is 0 Å². The number of aromatic nitrogens is 2. The molecular formula is C19H24N4O3. The molecule has 138 valence electrons. The Morgan fingerprint density at radius 2 is 2.12 bits per heavy atom. The van der Waals surface area contributed by atoms with E-state index in [0.717, 1.165) is 11.3 Å². The Labute approximate surface area is 153 Å². The van der Waals surface area contributed by atoms with Crippen molar-refractivity contribution in [3.63, 3.8) is 0 Å². The van der Waals surface area contributed by atoms with Gasteiger partial charge in [0.25, 0.3) is 5.91 Å². The van der Waals surface area contributed by atoms with Gasteiger partial charge in [-0.25, -0.2) is 4.98 Å². The van der Waals surface area contributed by atoms with Crippen molar-refractivity contribution < 1.29 is 14.6 Å². The Bertz CT molecular complexity index is 738. The summed E-state index contributed by atoms with van der Waals surface area (Å²) < 4.78 is 5.17. The van der Waals surface area contributed by atoms with E-state index in [-0.39, 0.29) is 5.91 Å². The van der Waals surface area contributed by atoms with Crippen molar-refractivity contribution in [1.82, 2.24) is 19.8 Å². The molecule has 1 aromatic carbocycles. The number of likely N-dealkylation sites (N-methyl/N-ethyl adjacent to an activating group) is 1. The molecule has 1 amide bonds. The minimum Gasteiger partial charge on any atom is -0.497 e. The summed E-state index contributed by atoms with van der Waals surface area (Å²) in [6.07, 6.45) is 5.03. The number of likely N-dealkylation sites (tertiary alicyclic amines) is 1. The number of β-amino-alcohol motifs (C(OH)–C–C–N with tert-alkyl or cyclic N) is 1. The van der Waals surface area contributed by atoms with Crippen LogP contribution in [0.25, 0.3) is 0 Å². The molecule has 26 heavy (non-hydrogen) atoms. The summed E-state index contributed by atoms with van der Waals surface area (Å²) in [6, 6.07) is 7.87. The number of hydrogen-bond donors (Lipinski definition) is 1. The summed E-state index contributed by atoms with van der Waals surface area (Å²) in [5.41, 5.74) is 0.532. The number of rotatable bonds is 6. The summed E-state index contributed by atoms with van der Waals surface area (Å²) in [5.74, 6) is 0.635. The molecule has 2 heterocycles. The molecule has 1 atom stereocenters. The molecule has 0 unspecified atom stereocenters. The Hall–Kier alpha value is -2.51. The maximum atomic E-state index is 12.5. The maximum absolute atomic E-state index is 12.5. The van der Waals surface area contributed by atoms with E-state index in [4.69, 9.17) is 4.74 Å². The molecule has 1 aliphatic rings. The minimum absolute atomic E-state index is 0.188. The van der Waals surface area contributed by atoms with Crippen LogP contribution in [-0.4, -0.2) is 70.2 Å². The largest absolute Gasteiger partial charge is 0.497 e. The Morgan fingerprint density at radius 1 is 1.35 bits per heavy atom. The predicted octanol–water partition coefficient (Wildman–Crippen LogP) is 1.19. The number of carbonyl (C=O) groups excluding carboxylic acids is 1. The van der Waals surface area contributed by atoms with Crippen LogP contribution < -0.4 is 4.74 Å². The van der Waals surface area contributed by atoms with Gasteiger partial charge in [-0.2, -0.15) is 0 Å². The fourth-order valence-corrected chi connectivity index (χ4v) is 3.33. The zero-order valence-corrected chi connectivity index (χ0v) is 15.1. The molecule has 1 aromatic heterocycles. The summed E-state index contributed by atoms with van der Waals surface area (Å²) in [7, 11) is 3.61. The van der Waals surface area contributed by atoms with Gasteiger partial charge >= 0.3 is 0 Å². The first kappa shape index (κ1) is 18.3. The number of carbonyl (C=O) groups is 1. The lowest BCUT2D eigenvalue weighted by Gasteiger charge is -2.29. The van der Waals surface area contributed by atoms with Crippen LogP contribution in [0.3, 0.4) is 0 Å². The van der Waals surface area contributed by atoms with Crippen LogP contribution in [0.2, 0.25) is 0 Å². The van der Waals surface area contributed by atoms with Gasteiger partial charge in [0, 0.05) is 32.0 Å². The van der Waals surface area contributed by atoms with Crippen molar-refractivity contribution in [1.29, 1.82) is 0 Å². The number of hydrogen-bond acceptors (Lipinski definition) is 6. The van der Waals surface area contributed by atoms with Crippen LogP contribution in [0, 0.1) is 0 Å². The molecule has 0 bridgehead atoms. The first-order chi connectivity index (χ1) is 12.5. The highest BCUT2D eigenvalue weighted by Gasteiger charge is 2.39. The maximum Gasteiger partial charge on any atom is 0.274 e. The number of ether oxygens (including phenoxy) is 1. The second-order valence-corrected chi connectivity index (χ2v) is 6.81. The van der Waals surface area contributed by atoms with Gasteiger partial charge in [0.2, 0.25) is 0 Å². The second-order valence-electron chi connectivity index (χ2n) is 6.81.